The summed E-state index contributed by atoms with van der Waals surface area (Å²) < 4.78 is 0. The fraction of sp³-hybridized carbons (Fsp3) is 0.426. The Hall–Kier alpha value is -3.94. The molecule has 1 aliphatic rings. The molecular weight excluding hydrogens is 641 g/mol. The average Bonchev–Trinajstić information content (AvgIpc) is 3.53. The first-order chi connectivity index (χ1) is 24.6. The lowest BCUT2D eigenvalue weighted by Gasteiger charge is -2.24. The van der Waals surface area contributed by atoms with Crippen LogP contribution in [0, 0.1) is 28.6 Å². The maximum Gasteiger partial charge on any atom is 0.159 e. The van der Waals surface area contributed by atoms with Gasteiger partial charge in [0.05, 0.1) is 11.8 Å². The molecule has 4 atom stereocenters. The molecule has 1 N–H and O–H groups in total. The number of thioether (sulfide) groups is 1. The van der Waals surface area contributed by atoms with E-state index in [2.05, 4.69) is 95.3 Å². The molecule has 0 radical (unpaired) electrons. The molecule has 1 aliphatic heterocycles. The second-order valence-electron chi connectivity index (χ2n) is 13.6. The molecule has 0 spiro atoms. The molecule has 1 heterocycles. The van der Waals surface area contributed by atoms with E-state index in [0.29, 0.717) is 29.9 Å². The molecule has 1 aromatic rings. The smallest absolute Gasteiger partial charge is 0.159 e. The second kappa shape index (κ2) is 24.3. The second-order valence-corrected chi connectivity index (χ2v) is 14.7. The summed E-state index contributed by atoms with van der Waals surface area (Å²) in [4.78, 5) is 12.8. The lowest BCUT2D eigenvalue weighted by molar-refractivity contribution is -0.113. The fourth-order valence-corrected chi connectivity index (χ4v) is 8.24. The zero-order chi connectivity index (χ0) is 37.6. The maximum absolute atomic E-state index is 12.8. The van der Waals surface area contributed by atoms with Crippen molar-refractivity contribution in [2.45, 2.75) is 116 Å². The van der Waals surface area contributed by atoms with E-state index in [1.807, 2.05) is 36.9 Å². The zero-order valence-electron chi connectivity index (χ0n) is 32.1. The molecule has 4 heteroatoms. The summed E-state index contributed by atoms with van der Waals surface area (Å²) in [5.41, 5.74) is 8.19. The van der Waals surface area contributed by atoms with Gasteiger partial charge in [0, 0.05) is 11.7 Å². The van der Waals surface area contributed by atoms with Gasteiger partial charge in [0.25, 0.3) is 0 Å². The summed E-state index contributed by atoms with van der Waals surface area (Å²) in [5, 5.41) is 21.0. The third kappa shape index (κ3) is 14.7. The number of carbonyl (C=O) groups is 1. The van der Waals surface area contributed by atoms with E-state index < -0.39 is 5.92 Å². The van der Waals surface area contributed by atoms with Gasteiger partial charge in [0.1, 0.15) is 5.92 Å². The summed E-state index contributed by atoms with van der Waals surface area (Å²) in [6.45, 7) is 23.0. The molecule has 4 unspecified atom stereocenters. The van der Waals surface area contributed by atoms with Gasteiger partial charge >= 0.3 is 0 Å². The van der Waals surface area contributed by atoms with Crippen LogP contribution in [0.1, 0.15) is 122 Å². The number of nitriles is 1. The van der Waals surface area contributed by atoms with Crippen LogP contribution in [0.15, 0.2) is 126 Å². The Kier molecular flexibility index (Phi) is 20.6. The third-order valence-electron chi connectivity index (χ3n) is 9.66. The molecule has 2 rings (SSSR count). The Bertz CT molecular complexity index is 1570. The van der Waals surface area contributed by atoms with Crippen molar-refractivity contribution in [3.05, 3.63) is 137 Å². The summed E-state index contributed by atoms with van der Waals surface area (Å²) in [7, 11) is 0. The Labute approximate surface area is 315 Å². The Balaban J connectivity index is 1.95. The van der Waals surface area contributed by atoms with Gasteiger partial charge in [-0.2, -0.15) is 5.26 Å². The van der Waals surface area contributed by atoms with Crippen molar-refractivity contribution in [2.24, 2.45) is 11.8 Å². The van der Waals surface area contributed by atoms with Gasteiger partial charge < -0.3 is 5.41 Å². The predicted octanol–water partition coefficient (Wildman–Crippen LogP) is 13.8. The van der Waals surface area contributed by atoms with Gasteiger partial charge in [-0.3, -0.25) is 4.79 Å². The number of ketones is 1. The number of hydrogen-bond donors (Lipinski definition) is 1. The summed E-state index contributed by atoms with van der Waals surface area (Å²) in [5.74, 6) is 0.530. The highest BCUT2D eigenvalue weighted by atomic mass is 32.2. The average molecular weight is 703 g/mol. The van der Waals surface area contributed by atoms with Crippen LogP contribution in [0.25, 0.3) is 6.08 Å². The standard InChI is InChI=1S/C47H62N2OS/c1-9-14-15-23-37(8)44-30-17-16-24-39(44)26-19-28-42(50)29-20-27-40-34-51-47(43(40)13-5)38(12-4)25-18-22-36(7)32-41(31-35(6)11-3)45(33-48)46(49)21-10-2/h10-11,13,16-17,19-21,24,26,29-30,32,34,37-38,45,47,49H,3,6-7,9,12,14-15,18,22-23,25,27-28,31H2,1-2,4-5,8H3/b21-10+,26-19?,29-20?,41-32-,43-13?,49-46?. The molecular formula is C47H62N2OS. The van der Waals surface area contributed by atoms with Crippen molar-refractivity contribution >= 4 is 29.3 Å². The fourth-order valence-electron chi connectivity index (χ4n) is 6.71. The normalized spacial score (nSPS) is 17.5. The molecule has 0 fully saturated rings. The van der Waals surface area contributed by atoms with Crippen molar-refractivity contribution in [1.29, 1.82) is 10.7 Å². The maximum atomic E-state index is 12.8. The number of benzene rings is 1. The summed E-state index contributed by atoms with van der Waals surface area (Å²) >= 11 is 1.91. The van der Waals surface area contributed by atoms with E-state index in [0.717, 1.165) is 48.8 Å². The topological polar surface area (TPSA) is 64.7 Å². The molecule has 0 saturated heterocycles. The van der Waals surface area contributed by atoms with Crippen molar-refractivity contribution in [2.75, 3.05) is 0 Å². The van der Waals surface area contributed by atoms with Crippen LogP contribution in [-0.2, 0) is 4.79 Å². The van der Waals surface area contributed by atoms with E-state index in [1.54, 1.807) is 24.3 Å². The van der Waals surface area contributed by atoms with Gasteiger partial charge in [-0.25, -0.2) is 0 Å². The molecule has 0 saturated carbocycles. The van der Waals surface area contributed by atoms with Crippen LogP contribution in [0.4, 0.5) is 0 Å². The van der Waals surface area contributed by atoms with Crippen LogP contribution in [0.3, 0.4) is 0 Å². The van der Waals surface area contributed by atoms with Gasteiger partial charge in [-0.1, -0.05) is 144 Å². The van der Waals surface area contributed by atoms with E-state index >= 15 is 0 Å². The van der Waals surface area contributed by atoms with Gasteiger partial charge in [-0.05, 0) is 110 Å². The Morgan fingerprint density at radius 3 is 2.49 bits per heavy atom. The summed E-state index contributed by atoms with van der Waals surface area (Å²) in [6, 6.07) is 10.9. The quantitative estimate of drug-likeness (QED) is 0.0505. The molecule has 3 nitrogen and oxygen atoms in total. The number of nitrogens with one attached hydrogen (secondary N) is 1. The van der Waals surface area contributed by atoms with Gasteiger partial charge in [0.15, 0.2) is 5.78 Å². The minimum absolute atomic E-state index is 0.127. The monoisotopic (exact) mass is 702 g/mol. The minimum Gasteiger partial charge on any atom is -0.304 e. The number of rotatable bonds is 24. The van der Waals surface area contributed by atoms with Crippen LogP contribution < -0.4 is 0 Å². The Morgan fingerprint density at radius 1 is 1.06 bits per heavy atom. The minimum atomic E-state index is -0.633. The van der Waals surface area contributed by atoms with Gasteiger partial charge in [0.2, 0.25) is 0 Å². The van der Waals surface area contributed by atoms with Crippen LogP contribution in [0.2, 0.25) is 0 Å². The highest BCUT2D eigenvalue weighted by Gasteiger charge is 2.29. The van der Waals surface area contributed by atoms with E-state index in [-0.39, 0.29) is 11.5 Å². The first kappa shape index (κ1) is 43.2. The zero-order valence-corrected chi connectivity index (χ0v) is 32.9. The predicted molar refractivity (Wildman–Crippen MR) is 225 cm³/mol. The first-order valence-electron chi connectivity index (χ1n) is 18.9. The van der Waals surface area contributed by atoms with E-state index in [1.165, 1.54) is 48.0 Å². The molecule has 1 aromatic carbocycles. The first-order valence-corrected chi connectivity index (χ1v) is 19.8. The van der Waals surface area contributed by atoms with Crippen molar-refractivity contribution in [3.63, 3.8) is 0 Å². The van der Waals surface area contributed by atoms with Gasteiger partial charge in [-0.15, -0.1) is 11.8 Å². The van der Waals surface area contributed by atoms with Crippen LogP contribution in [0.5, 0.6) is 0 Å². The molecule has 0 amide bonds. The SMILES string of the molecule is C=CC(=C)C/C(=C/C(=C)CCCC(CC)C1SC=C(CC=CC(=O)CC=Cc2ccccc2C(C)CCCCC)C1=CC)C(C#N)C(=N)/C=C/C. The highest BCUT2D eigenvalue weighted by Crippen LogP contribution is 2.43. The van der Waals surface area contributed by atoms with Crippen LogP contribution >= 0.6 is 11.8 Å². The molecule has 51 heavy (non-hydrogen) atoms. The van der Waals surface area contributed by atoms with Crippen molar-refractivity contribution in [3.8, 4) is 6.07 Å². The lowest BCUT2D eigenvalue weighted by Crippen LogP contribution is -2.17. The number of carbonyl (C=O) groups excluding carboxylic acids is 1. The molecule has 272 valence electrons. The number of allylic oxidation sites excluding steroid dienone is 12. The van der Waals surface area contributed by atoms with E-state index in [4.69, 9.17) is 5.41 Å². The highest BCUT2D eigenvalue weighted by molar-refractivity contribution is 8.03. The molecule has 0 bridgehead atoms. The lowest BCUT2D eigenvalue weighted by atomic mass is 9.86. The number of hydrogen-bond acceptors (Lipinski definition) is 4. The molecule has 0 aliphatic carbocycles. The Morgan fingerprint density at radius 2 is 1.82 bits per heavy atom. The number of unbranched alkanes of at least 4 members (excludes halogenated alkanes) is 2. The largest absolute Gasteiger partial charge is 0.304 e. The van der Waals surface area contributed by atoms with Crippen molar-refractivity contribution in [1.82, 2.24) is 0 Å². The molecule has 0 aromatic heterocycles. The van der Waals surface area contributed by atoms with Crippen molar-refractivity contribution < 1.29 is 4.79 Å². The third-order valence-corrected chi connectivity index (χ3v) is 11.0. The summed E-state index contributed by atoms with van der Waals surface area (Å²) in [6.07, 6.45) is 27.9. The van der Waals surface area contributed by atoms with E-state index in [9.17, 15) is 10.1 Å². The number of nitrogens with zero attached hydrogens (tertiary/aromatic N) is 1. The van der Waals surface area contributed by atoms with Crippen LogP contribution in [-0.4, -0.2) is 16.7 Å².